The molecule has 0 aliphatic rings. The number of hydrogen-bond donors (Lipinski definition) is 2. The zero-order valence-electron chi connectivity index (χ0n) is 7.45. The van der Waals surface area contributed by atoms with Crippen LogP contribution in [0.4, 0.5) is 0 Å². The van der Waals surface area contributed by atoms with Crippen molar-refractivity contribution < 1.29 is 15.0 Å². The lowest BCUT2D eigenvalue weighted by molar-refractivity contribution is 0.0696. The third-order valence-corrected chi connectivity index (χ3v) is 1.89. The molecule has 3 heteroatoms. The molecule has 0 saturated carbocycles. The van der Waals surface area contributed by atoms with Crippen LogP contribution in [-0.2, 0) is 13.0 Å². The van der Waals surface area contributed by atoms with Gasteiger partial charge in [0.1, 0.15) is 0 Å². The van der Waals surface area contributed by atoms with Crippen molar-refractivity contribution in [2.24, 2.45) is 0 Å². The fourth-order valence-corrected chi connectivity index (χ4v) is 1.18. The second kappa shape index (κ2) is 4.05. The Morgan fingerprint density at radius 2 is 1.92 bits per heavy atom. The Labute approximate surface area is 76.6 Å². The highest BCUT2D eigenvalue weighted by atomic mass is 16.4. The first kappa shape index (κ1) is 9.74. The minimum Gasteiger partial charge on any atom is -0.478 e. The molecule has 0 bridgehead atoms. The van der Waals surface area contributed by atoms with Gasteiger partial charge in [0.05, 0.1) is 12.2 Å². The average molecular weight is 180 g/mol. The molecule has 0 unspecified atom stereocenters. The molecule has 1 aromatic rings. The summed E-state index contributed by atoms with van der Waals surface area (Å²) in [5.41, 5.74) is 1.82. The summed E-state index contributed by atoms with van der Waals surface area (Å²) in [6, 6.07) is 4.93. The first-order valence-corrected chi connectivity index (χ1v) is 4.14. The third kappa shape index (κ3) is 2.29. The van der Waals surface area contributed by atoms with Gasteiger partial charge in [0.2, 0.25) is 0 Å². The van der Waals surface area contributed by atoms with E-state index in [9.17, 15) is 4.79 Å². The molecule has 3 nitrogen and oxygen atoms in total. The Bertz CT molecular complexity index is 296. The van der Waals surface area contributed by atoms with E-state index in [1.165, 1.54) is 6.07 Å². The van der Waals surface area contributed by atoms with Crippen LogP contribution in [0.15, 0.2) is 18.2 Å². The molecule has 0 spiro atoms. The van der Waals surface area contributed by atoms with Gasteiger partial charge in [0.15, 0.2) is 0 Å². The van der Waals surface area contributed by atoms with Crippen molar-refractivity contribution in [3.63, 3.8) is 0 Å². The Hall–Kier alpha value is -1.35. The van der Waals surface area contributed by atoms with Gasteiger partial charge in [-0.2, -0.15) is 0 Å². The zero-order valence-corrected chi connectivity index (χ0v) is 7.45. The van der Waals surface area contributed by atoms with Crippen molar-refractivity contribution in [1.29, 1.82) is 0 Å². The molecule has 1 rings (SSSR count). The Morgan fingerprint density at radius 3 is 2.38 bits per heavy atom. The number of aryl methyl sites for hydroxylation is 1. The molecule has 2 N–H and O–H groups in total. The second-order valence-electron chi connectivity index (χ2n) is 2.86. The van der Waals surface area contributed by atoms with E-state index in [-0.39, 0.29) is 12.2 Å². The van der Waals surface area contributed by atoms with Crippen LogP contribution in [0.1, 0.15) is 28.4 Å². The van der Waals surface area contributed by atoms with Gasteiger partial charge in [-0.3, -0.25) is 0 Å². The van der Waals surface area contributed by atoms with Gasteiger partial charge in [-0.05, 0) is 29.7 Å². The third-order valence-electron chi connectivity index (χ3n) is 1.89. The summed E-state index contributed by atoms with van der Waals surface area (Å²) in [5, 5.41) is 17.6. The van der Waals surface area contributed by atoms with Crippen LogP contribution in [0.2, 0.25) is 0 Å². The summed E-state index contributed by atoms with van der Waals surface area (Å²) in [6.07, 6.45) is 0.772. The summed E-state index contributed by atoms with van der Waals surface area (Å²) in [4.78, 5) is 10.7. The quantitative estimate of drug-likeness (QED) is 0.740. The van der Waals surface area contributed by atoms with Crippen LogP contribution in [0.5, 0.6) is 0 Å². The van der Waals surface area contributed by atoms with Gasteiger partial charge in [-0.15, -0.1) is 0 Å². The lowest BCUT2D eigenvalue weighted by Gasteiger charge is -2.03. The van der Waals surface area contributed by atoms with E-state index >= 15 is 0 Å². The average Bonchev–Trinajstić information content (AvgIpc) is 2.16. The van der Waals surface area contributed by atoms with Gasteiger partial charge in [0.25, 0.3) is 0 Å². The highest BCUT2D eigenvalue weighted by Crippen LogP contribution is 2.11. The van der Waals surface area contributed by atoms with Gasteiger partial charge in [-0.25, -0.2) is 4.79 Å². The standard InChI is InChI=1S/C10H12O3/c1-2-7-3-8(6-11)5-9(4-7)10(12)13/h3-5,11H,2,6H2,1H3,(H,12,13). The van der Waals surface area contributed by atoms with Gasteiger partial charge >= 0.3 is 5.97 Å². The van der Waals surface area contributed by atoms with E-state index in [1.54, 1.807) is 6.07 Å². The number of benzene rings is 1. The molecule has 0 radical (unpaired) electrons. The number of aliphatic hydroxyl groups excluding tert-OH is 1. The van der Waals surface area contributed by atoms with Crippen molar-refractivity contribution in [2.45, 2.75) is 20.0 Å². The molecular weight excluding hydrogens is 168 g/mol. The molecule has 1 aromatic carbocycles. The summed E-state index contributed by atoms with van der Waals surface area (Å²) in [7, 11) is 0. The van der Waals surface area contributed by atoms with Crippen LogP contribution in [0.25, 0.3) is 0 Å². The molecule has 0 atom stereocenters. The summed E-state index contributed by atoms with van der Waals surface area (Å²) in [5.74, 6) is -0.954. The normalized spacial score (nSPS) is 10.0. The van der Waals surface area contributed by atoms with Crippen LogP contribution in [0.3, 0.4) is 0 Å². The molecular formula is C10H12O3. The monoisotopic (exact) mass is 180 g/mol. The number of carboxylic acid groups (broad SMARTS) is 1. The van der Waals surface area contributed by atoms with Crippen LogP contribution in [0, 0.1) is 0 Å². The number of hydrogen-bond acceptors (Lipinski definition) is 2. The van der Waals surface area contributed by atoms with Crippen LogP contribution >= 0.6 is 0 Å². The van der Waals surface area contributed by atoms with E-state index in [0.29, 0.717) is 5.56 Å². The minimum atomic E-state index is -0.954. The van der Waals surface area contributed by atoms with Crippen molar-refractivity contribution in [2.75, 3.05) is 0 Å². The van der Waals surface area contributed by atoms with Crippen molar-refractivity contribution in [3.05, 3.63) is 34.9 Å². The summed E-state index contributed by atoms with van der Waals surface area (Å²) >= 11 is 0. The molecule has 0 aliphatic heterocycles. The van der Waals surface area contributed by atoms with E-state index in [4.69, 9.17) is 10.2 Å². The van der Waals surface area contributed by atoms with E-state index in [2.05, 4.69) is 0 Å². The van der Waals surface area contributed by atoms with Crippen molar-refractivity contribution >= 4 is 5.97 Å². The molecule has 0 aromatic heterocycles. The molecule has 0 amide bonds. The molecule has 0 heterocycles. The first-order chi connectivity index (χ1) is 6.17. The molecule has 0 aliphatic carbocycles. The maximum absolute atomic E-state index is 10.7. The number of carbonyl (C=O) groups is 1. The fraction of sp³-hybridized carbons (Fsp3) is 0.300. The second-order valence-corrected chi connectivity index (χ2v) is 2.86. The number of carboxylic acids is 1. The highest BCUT2D eigenvalue weighted by Gasteiger charge is 2.05. The van der Waals surface area contributed by atoms with Crippen LogP contribution in [-0.4, -0.2) is 16.2 Å². The first-order valence-electron chi connectivity index (χ1n) is 4.14. The van der Waals surface area contributed by atoms with Crippen LogP contribution < -0.4 is 0 Å². The van der Waals surface area contributed by atoms with Gasteiger partial charge in [0, 0.05) is 0 Å². The maximum Gasteiger partial charge on any atom is 0.335 e. The van der Waals surface area contributed by atoms with Crippen molar-refractivity contribution in [1.82, 2.24) is 0 Å². The largest absolute Gasteiger partial charge is 0.478 e. The smallest absolute Gasteiger partial charge is 0.335 e. The van der Waals surface area contributed by atoms with Gasteiger partial charge < -0.3 is 10.2 Å². The number of rotatable bonds is 3. The maximum atomic E-state index is 10.7. The topological polar surface area (TPSA) is 57.5 Å². The zero-order chi connectivity index (χ0) is 9.84. The number of aliphatic hydroxyl groups is 1. The van der Waals surface area contributed by atoms with E-state index < -0.39 is 5.97 Å². The molecule has 70 valence electrons. The lowest BCUT2D eigenvalue weighted by atomic mass is 10.0. The summed E-state index contributed by atoms with van der Waals surface area (Å²) in [6.45, 7) is 1.83. The minimum absolute atomic E-state index is 0.117. The van der Waals surface area contributed by atoms with Crippen molar-refractivity contribution in [3.8, 4) is 0 Å². The number of aromatic carboxylic acids is 1. The predicted octanol–water partition coefficient (Wildman–Crippen LogP) is 1.44. The summed E-state index contributed by atoms with van der Waals surface area (Å²) < 4.78 is 0. The molecule has 13 heavy (non-hydrogen) atoms. The molecule has 0 fully saturated rings. The van der Waals surface area contributed by atoms with E-state index in [0.717, 1.165) is 12.0 Å². The highest BCUT2D eigenvalue weighted by molar-refractivity contribution is 5.88. The Kier molecular flexibility index (Phi) is 3.03. The lowest BCUT2D eigenvalue weighted by Crippen LogP contribution is -1.99. The Balaban J connectivity index is 3.14. The molecule has 0 saturated heterocycles. The SMILES string of the molecule is CCc1cc(CO)cc(C(=O)O)c1. The van der Waals surface area contributed by atoms with E-state index in [1.807, 2.05) is 13.0 Å². The Morgan fingerprint density at radius 1 is 1.31 bits per heavy atom. The predicted molar refractivity (Wildman–Crippen MR) is 48.7 cm³/mol. The fourth-order valence-electron chi connectivity index (χ4n) is 1.18. The van der Waals surface area contributed by atoms with Gasteiger partial charge in [-0.1, -0.05) is 13.0 Å².